The lowest BCUT2D eigenvalue weighted by atomic mass is 10.0. The van der Waals surface area contributed by atoms with Crippen LogP contribution in [0.3, 0.4) is 0 Å². The van der Waals surface area contributed by atoms with Gasteiger partial charge in [0.2, 0.25) is 5.82 Å². The van der Waals surface area contributed by atoms with Crippen molar-refractivity contribution in [3.05, 3.63) is 60.2 Å². The van der Waals surface area contributed by atoms with Crippen LogP contribution in [0.1, 0.15) is 18.4 Å². The van der Waals surface area contributed by atoms with Gasteiger partial charge >= 0.3 is 0 Å². The van der Waals surface area contributed by atoms with Gasteiger partial charge in [-0.3, -0.25) is 0 Å². The number of aromatic amines is 1. The molecule has 6 heteroatoms. The number of para-hydroxylation sites is 1. The molecule has 0 saturated carbocycles. The molecular formula is C19H22N6. The lowest BCUT2D eigenvalue weighted by Crippen LogP contribution is -2.42. The lowest BCUT2D eigenvalue weighted by Gasteiger charge is -2.34. The van der Waals surface area contributed by atoms with Crippen LogP contribution in [0.2, 0.25) is 0 Å². The van der Waals surface area contributed by atoms with E-state index in [2.05, 4.69) is 73.3 Å². The summed E-state index contributed by atoms with van der Waals surface area (Å²) in [5, 5.41) is 17.9. The predicted octanol–water partition coefficient (Wildman–Crippen LogP) is 2.63. The Hall–Kier alpha value is -2.73. The molecule has 0 atom stereocenters. The molecule has 1 saturated heterocycles. The normalized spacial score (nSPS) is 15.4. The monoisotopic (exact) mass is 334 g/mol. The second kappa shape index (κ2) is 7.44. The number of hydrogen-bond donors (Lipinski definition) is 2. The molecule has 1 aliphatic heterocycles. The summed E-state index contributed by atoms with van der Waals surface area (Å²) in [7, 11) is 0. The van der Waals surface area contributed by atoms with E-state index in [1.165, 1.54) is 24.1 Å². The molecule has 0 aliphatic carbocycles. The minimum absolute atomic E-state index is 0.564. The van der Waals surface area contributed by atoms with Crippen LogP contribution >= 0.6 is 0 Å². The number of nitrogens with one attached hydrogen (secondary N) is 2. The second-order valence-electron chi connectivity index (χ2n) is 6.41. The van der Waals surface area contributed by atoms with Crippen LogP contribution < -0.4 is 10.2 Å². The Bertz CT molecular complexity index is 779. The standard InChI is InChI=1S/C19H22N6/c1-2-7-18(8-3-1)25-11-9-17(10-12-25)20-14-15-5-4-6-16(13-15)19-21-23-24-22-19/h1-8,13,17,20H,9-12,14H2,(H,21,22,23,24). The van der Waals surface area contributed by atoms with Crippen LogP contribution in [0, 0.1) is 0 Å². The van der Waals surface area contributed by atoms with Crippen LogP contribution in [0.4, 0.5) is 5.69 Å². The summed E-state index contributed by atoms with van der Waals surface area (Å²) < 4.78 is 0. The van der Waals surface area contributed by atoms with Crippen LogP contribution in [0.15, 0.2) is 54.6 Å². The summed E-state index contributed by atoms with van der Waals surface area (Å²) in [4.78, 5) is 2.47. The minimum Gasteiger partial charge on any atom is -0.371 e. The number of anilines is 1. The average molecular weight is 334 g/mol. The second-order valence-corrected chi connectivity index (χ2v) is 6.41. The molecule has 0 radical (unpaired) electrons. The van der Waals surface area contributed by atoms with Crippen molar-refractivity contribution in [1.29, 1.82) is 0 Å². The van der Waals surface area contributed by atoms with Gasteiger partial charge in [0.25, 0.3) is 0 Å². The first kappa shape index (κ1) is 15.8. The predicted molar refractivity (Wildman–Crippen MR) is 98.1 cm³/mol. The molecule has 1 aliphatic rings. The van der Waals surface area contributed by atoms with Crippen molar-refractivity contribution in [2.75, 3.05) is 18.0 Å². The zero-order valence-corrected chi connectivity index (χ0v) is 14.1. The molecule has 0 bridgehead atoms. The highest BCUT2D eigenvalue weighted by molar-refractivity contribution is 5.54. The summed E-state index contributed by atoms with van der Waals surface area (Å²) in [6.45, 7) is 3.07. The number of piperidine rings is 1. The lowest BCUT2D eigenvalue weighted by molar-refractivity contribution is 0.414. The zero-order chi connectivity index (χ0) is 16.9. The number of tetrazole rings is 1. The Kier molecular flexibility index (Phi) is 4.70. The summed E-state index contributed by atoms with van der Waals surface area (Å²) in [6, 6.07) is 19.5. The van der Waals surface area contributed by atoms with Gasteiger partial charge in [-0.05, 0) is 41.8 Å². The maximum atomic E-state index is 4.04. The van der Waals surface area contributed by atoms with E-state index in [0.717, 1.165) is 25.2 Å². The number of H-pyrrole nitrogens is 1. The Labute approximate surface area is 147 Å². The quantitative estimate of drug-likeness (QED) is 0.751. The first-order valence-corrected chi connectivity index (χ1v) is 8.74. The van der Waals surface area contributed by atoms with Crippen molar-refractivity contribution < 1.29 is 0 Å². The summed E-state index contributed by atoms with van der Waals surface area (Å²) in [5.74, 6) is 0.637. The topological polar surface area (TPSA) is 69.7 Å². The van der Waals surface area contributed by atoms with Crippen molar-refractivity contribution in [2.45, 2.75) is 25.4 Å². The summed E-state index contributed by atoms with van der Waals surface area (Å²) in [6.07, 6.45) is 2.33. The fourth-order valence-corrected chi connectivity index (χ4v) is 3.35. The third-order valence-electron chi connectivity index (χ3n) is 4.74. The fourth-order valence-electron chi connectivity index (χ4n) is 3.35. The van der Waals surface area contributed by atoms with Gasteiger partial charge in [0, 0.05) is 36.9 Å². The first-order chi connectivity index (χ1) is 12.4. The fraction of sp³-hybridized carbons (Fsp3) is 0.316. The van der Waals surface area contributed by atoms with Gasteiger partial charge in [-0.25, -0.2) is 0 Å². The molecule has 4 rings (SSSR count). The number of rotatable bonds is 5. The van der Waals surface area contributed by atoms with Crippen molar-refractivity contribution in [1.82, 2.24) is 25.9 Å². The molecule has 0 spiro atoms. The molecule has 0 amide bonds. The van der Waals surface area contributed by atoms with E-state index in [0.29, 0.717) is 11.9 Å². The van der Waals surface area contributed by atoms with Crippen LogP contribution in [0.25, 0.3) is 11.4 Å². The molecule has 2 aromatic carbocycles. The van der Waals surface area contributed by atoms with Crippen LogP contribution in [-0.4, -0.2) is 39.8 Å². The molecule has 1 fully saturated rings. The highest BCUT2D eigenvalue weighted by Gasteiger charge is 2.18. The Morgan fingerprint density at radius 3 is 2.64 bits per heavy atom. The molecule has 1 aromatic heterocycles. The number of hydrogen-bond acceptors (Lipinski definition) is 5. The number of aromatic nitrogens is 4. The van der Waals surface area contributed by atoms with E-state index in [-0.39, 0.29) is 0 Å². The van der Waals surface area contributed by atoms with Gasteiger partial charge in [0.1, 0.15) is 0 Å². The molecule has 0 unspecified atom stereocenters. The first-order valence-electron chi connectivity index (χ1n) is 8.74. The van der Waals surface area contributed by atoms with Crippen molar-refractivity contribution >= 4 is 5.69 Å². The van der Waals surface area contributed by atoms with E-state index in [1.807, 2.05) is 12.1 Å². The number of benzene rings is 2. The highest BCUT2D eigenvalue weighted by atomic mass is 15.5. The van der Waals surface area contributed by atoms with E-state index >= 15 is 0 Å². The van der Waals surface area contributed by atoms with E-state index in [4.69, 9.17) is 0 Å². The van der Waals surface area contributed by atoms with Crippen molar-refractivity contribution in [3.63, 3.8) is 0 Å². The zero-order valence-electron chi connectivity index (χ0n) is 14.1. The molecule has 2 N–H and O–H groups in total. The SMILES string of the molecule is c1ccc(N2CCC(NCc3cccc(-c4nn[nH]n4)c3)CC2)cc1. The van der Waals surface area contributed by atoms with Gasteiger partial charge in [-0.2, -0.15) is 5.21 Å². The smallest absolute Gasteiger partial charge is 0.204 e. The van der Waals surface area contributed by atoms with E-state index in [1.54, 1.807) is 0 Å². The third kappa shape index (κ3) is 3.85. The largest absolute Gasteiger partial charge is 0.371 e. The summed E-state index contributed by atoms with van der Waals surface area (Å²) in [5.41, 5.74) is 3.56. The van der Waals surface area contributed by atoms with Crippen LogP contribution in [-0.2, 0) is 6.54 Å². The maximum Gasteiger partial charge on any atom is 0.204 e. The summed E-state index contributed by atoms with van der Waals surface area (Å²) >= 11 is 0. The Morgan fingerprint density at radius 2 is 1.88 bits per heavy atom. The van der Waals surface area contributed by atoms with Crippen molar-refractivity contribution in [3.8, 4) is 11.4 Å². The van der Waals surface area contributed by atoms with Gasteiger partial charge in [-0.1, -0.05) is 36.4 Å². The van der Waals surface area contributed by atoms with Gasteiger partial charge in [-0.15, -0.1) is 10.2 Å². The maximum absolute atomic E-state index is 4.04. The van der Waals surface area contributed by atoms with E-state index < -0.39 is 0 Å². The number of nitrogens with zero attached hydrogens (tertiary/aromatic N) is 4. The Morgan fingerprint density at radius 1 is 1.04 bits per heavy atom. The highest BCUT2D eigenvalue weighted by Crippen LogP contribution is 2.20. The van der Waals surface area contributed by atoms with Crippen LogP contribution in [0.5, 0.6) is 0 Å². The molecule has 25 heavy (non-hydrogen) atoms. The molecule has 128 valence electrons. The third-order valence-corrected chi connectivity index (χ3v) is 4.74. The van der Waals surface area contributed by atoms with E-state index in [9.17, 15) is 0 Å². The Balaban J connectivity index is 1.30. The average Bonchev–Trinajstić information content (AvgIpc) is 3.23. The molecule has 3 aromatic rings. The molecular weight excluding hydrogens is 312 g/mol. The molecule has 6 nitrogen and oxygen atoms in total. The van der Waals surface area contributed by atoms with Crippen molar-refractivity contribution in [2.24, 2.45) is 0 Å². The minimum atomic E-state index is 0.564. The van der Waals surface area contributed by atoms with Gasteiger partial charge in [0.15, 0.2) is 0 Å². The van der Waals surface area contributed by atoms with Gasteiger partial charge < -0.3 is 10.2 Å². The molecule has 2 heterocycles. The van der Waals surface area contributed by atoms with Gasteiger partial charge in [0.05, 0.1) is 0 Å².